The first-order chi connectivity index (χ1) is 13.6. The number of hydrogen-bond donors (Lipinski definition) is 1. The van der Waals surface area contributed by atoms with Crippen LogP contribution < -0.4 is 5.32 Å². The number of rotatable bonds is 4. The molecule has 0 saturated carbocycles. The molecular formula is C16H16FN6O5S+. The molecule has 1 unspecified atom stereocenters. The molecule has 1 aromatic rings. The van der Waals surface area contributed by atoms with Gasteiger partial charge in [-0.05, 0) is 23.9 Å². The number of imide groups is 1. The summed E-state index contributed by atoms with van der Waals surface area (Å²) in [6.07, 6.45) is 0. The Morgan fingerprint density at radius 2 is 2.07 bits per heavy atom. The van der Waals surface area contributed by atoms with Gasteiger partial charge in [0, 0.05) is 18.8 Å². The zero-order valence-electron chi connectivity index (χ0n) is 15.6. The van der Waals surface area contributed by atoms with Crippen LogP contribution in [0.1, 0.15) is 0 Å². The third-order valence-electron chi connectivity index (χ3n) is 4.36. The van der Waals surface area contributed by atoms with Gasteiger partial charge in [-0.2, -0.15) is 4.39 Å². The lowest BCUT2D eigenvalue weighted by Crippen LogP contribution is -2.59. The zero-order chi connectivity index (χ0) is 21.5. The van der Waals surface area contributed by atoms with Crippen LogP contribution in [0.25, 0.3) is 0 Å². The number of nitrogens with one attached hydrogen (secondary N) is 1. The Bertz CT molecular complexity index is 1010. The van der Waals surface area contributed by atoms with Crippen LogP contribution in [-0.2, 0) is 9.59 Å². The van der Waals surface area contributed by atoms with Gasteiger partial charge in [-0.15, -0.1) is 4.99 Å². The van der Waals surface area contributed by atoms with Gasteiger partial charge in [-0.25, -0.2) is 14.3 Å². The number of fused-ring (bicyclic) bond motifs is 1. The molecule has 4 amide bonds. The van der Waals surface area contributed by atoms with E-state index in [9.17, 15) is 28.9 Å². The second-order valence-electron chi connectivity index (χ2n) is 6.23. The summed E-state index contributed by atoms with van der Waals surface area (Å²) >= 11 is 1.03. The van der Waals surface area contributed by atoms with Gasteiger partial charge in [-0.1, -0.05) is 0 Å². The predicted molar refractivity (Wildman–Crippen MR) is 102 cm³/mol. The van der Waals surface area contributed by atoms with E-state index in [0.717, 1.165) is 28.8 Å². The fourth-order valence-electron chi connectivity index (χ4n) is 2.90. The number of anilines is 1. The molecule has 0 aliphatic carbocycles. The van der Waals surface area contributed by atoms with Crippen molar-refractivity contribution < 1.29 is 28.3 Å². The first-order valence-electron chi connectivity index (χ1n) is 8.22. The van der Waals surface area contributed by atoms with Crippen LogP contribution in [0.5, 0.6) is 0 Å². The summed E-state index contributed by atoms with van der Waals surface area (Å²) in [4.78, 5) is 53.1. The van der Waals surface area contributed by atoms with Crippen LogP contribution >= 0.6 is 11.8 Å². The van der Waals surface area contributed by atoms with E-state index in [0.29, 0.717) is 11.0 Å². The number of amidine groups is 2. The first-order valence-corrected chi connectivity index (χ1v) is 9.20. The molecule has 152 valence electrons. The molecule has 0 bridgehead atoms. The quantitative estimate of drug-likeness (QED) is 0.431. The molecule has 1 N–H and O–H groups in total. The molecule has 2 aliphatic heterocycles. The van der Waals surface area contributed by atoms with E-state index < -0.39 is 40.3 Å². The van der Waals surface area contributed by atoms with Crippen LogP contribution in [0.2, 0.25) is 0 Å². The Labute approximate surface area is 168 Å². The number of likely N-dealkylation sites (N-methyl/N-ethyl adjacent to an activating group) is 2. The summed E-state index contributed by atoms with van der Waals surface area (Å²) in [6, 6.07) is 1.69. The van der Waals surface area contributed by atoms with Crippen molar-refractivity contribution in [3.63, 3.8) is 0 Å². The molecule has 29 heavy (non-hydrogen) atoms. The van der Waals surface area contributed by atoms with E-state index in [1.54, 1.807) is 11.6 Å². The highest BCUT2D eigenvalue weighted by molar-refractivity contribution is 8.14. The van der Waals surface area contributed by atoms with Crippen molar-refractivity contribution >= 4 is 52.0 Å². The summed E-state index contributed by atoms with van der Waals surface area (Å²) in [5, 5.41) is 13.6. The maximum absolute atomic E-state index is 13.4. The number of nitro benzene ring substituents is 1. The summed E-state index contributed by atoms with van der Waals surface area (Å²) < 4.78 is 14.9. The topological polar surface area (TPSA) is 128 Å². The maximum atomic E-state index is 13.4. The fraction of sp³-hybridized carbons (Fsp3) is 0.312. The number of urea groups is 1. The number of aliphatic imine (C=N–C) groups is 1. The summed E-state index contributed by atoms with van der Waals surface area (Å²) in [6.45, 7) is 0. The van der Waals surface area contributed by atoms with Crippen LogP contribution in [0.3, 0.4) is 0 Å². The number of nitro groups is 1. The Hall–Kier alpha value is -3.35. The van der Waals surface area contributed by atoms with Gasteiger partial charge in [0.1, 0.15) is 0 Å². The number of nitrogens with zero attached hydrogens (tertiary/aromatic N) is 5. The molecule has 1 atom stereocenters. The highest BCUT2D eigenvalue weighted by Crippen LogP contribution is 2.23. The van der Waals surface area contributed by atoms with Gasteiger partial charge in [0.05, 0.1) is 24.8 Å². The monoisotopic (exact) mass is 423 g/mol. The molecular weight excluding hydrogens is 407 g/mol. The number of thioether (sulfide) groups is 1. The van der Waals surface area contributed by atoms with Crippen molar-refractivity contribution in [2.45, 2.75) is 6.04 Å². The molecule has 0 aromatic heterocycles. The number of carbonyl (C=O) groups is 3. The molecule has 2 aliphatic rings. The molecule has 0 spiro atoms. The minimum Gasteiger partial charge on any atom is -0.325 e. The van der Waals surface area contributed by atoms with Gasteiger partial charge in [0.25, 0.3) is 23.0 Å². The smallest absolute Gasteiger partial charge is 0.325 e. The SMILES string of the molecule is CN1C(=O)C2N=C(SCC(=O)Nc3ccc(F)c([N+](=O)[O-])c3)[N+](C)=C2N(C)C1=O. The van der Waals surface area contributed by atoms with Gasteiger partial charge in [0.15, 0.2) is 0 Å². The molecule has 1 aromatic carbocycles. The normalized spacial score (nSPS) is 18.8. The van der Waals surface area contributed by atoms with Crippen molar-refractivity contribution in [3.05, 3.63) is 34.1 Å². The average molecular weight is 423 g/mol. The number of benzene rings is 1. The molecule has 11 nitrogen and oxygen atoms in total. The second-order valence-corrected chi connectivity index (χ2v) is 7.17. The molecule has 2 heterocycles. The van der Waals surface area contributed by atoms with Gasteiger partial charge < -0.3 is 5.32 Å². The van der Waals surface area contributed by atoms with Crippen molar-refractivity contribution in [2.24, 2.45) is 4.99 Å². The maximum Gasteiger partial charge on any atom is 0.388 e. The third-order valence-corrected chi connectivity index (χ3v) is 5.40. The van der Waals surface area contributed by atoms with Crippen molar-refractivity contribution in [1.29, 1.82) is 0 Å². The lowest BCUT2D eigenvalue weighted by Gasteiger charge is -2.27. The summed E-state index contributed by atoms with van der Waals surface area (Å²) in [5.74, 6) is -1.68. The van der Waals surface area contributed by atoms with Crippen LogP contribution in [0.15, 0.2) is 23.2 Å². The van der Waals surface area contributed by atoms with Crippen LogP contribution in [-0.4, -0.2) is 81.1 Å². The highest BCUT2D eigenvalue weighted by atomic mass is 32.2. The summed E-state index contributed by atoms with van der Waals surface area (Å²) in [7, 11) is 4.53. The van der Waals surface area contributed by atoms with E-state index in [1.807, 2.05) is 0 Å². The van der Waals surface area contributed by atoms with Crippen molar-refractivity contribution in [2.75, 3.05) is 32.2 Å². The van der Waals surface area contributed by atoms with Crippen molar-refractivity contribution in [1.82, 2.24) is 9.80 Å². The van der Waals surface area contributed by atoms with Crippen LogP contribution in [0.4, 0.5) is 20.6 Å². The van der Waals surface area contributed by atoms with E-state index in [-0.39, 0.29) is 11.4 Å². The summed E-state index contributed by atoms with van der Waals surface area (Å²) in [5.41, 5.74) is -0.665. The Kier molecular flexibility index (Phi) is 5.33. The predicted octanol–water partition coefficient (Wildman–Crippen LogP) is 0.708. The van der Waals surface area contributed by atoms with E-state index >= 15 is 0 Å². The van der Waals surface area contributed by atoms with Gasteiger partial charge >= 0.3 is 11.7 Å². The molecule has 13 heteroatoms. The number of amides is 4. The minimum absolute atomic E-state index is 0.0793. The second kappa shape index (κ2) is 7.58. The number of halogens is 1. The van der Waals surface area contributed by atoms with E-state index in [2.05, 4.69) is 10.3 Å². The zero-order valence-corrected chi connectivity index (χ0v) is 16.4. The molecule has 1 saturated heterocycles. The molecule has 3 rings (SSSR count). The lowest BCUT2D eigenvalue weighted by molar-refractivity contribution is -0.387. The first kappa shape index (κ1) is 20.4. The lowest BCUT2D eigenvalue weighted by atomic mass is 10.2. The van der Waals surface area contributed by atoms with E-state index in [1.165, 1.54) is 25.1 Å². The van der Waals surface area contributed by atoms with Crippen molar-refractivity contribution in [3.8, 4) is 0 Å². The fourth-order valence-corrected chi connectivity index (χ4v) is 3.70. The average Bonchev–Trinajstić information content (AvgIpc) is 3.01. The van der Waals surface area contributed by atoms with E-state index in [4.69, 9.17) is 0 Å². The number of carbonyl (C=O) groups excluding carboxylic acids is 3. The Balaban J connectivity index is 1.69. The molecule has 1 fully saturated rings. The Morgan fingerprint density at radius 1 is 1.38 bits per heavy atom. The molecule has 0 radical (unpaired) electrons. The van der Waals surface area contributed by atoms with Gasteiger partial charge in [0.2, 0.25) is 11.7 Å². The number of hydrogen-bond acceptors (Lipinski definition) is 7. The highest BCUT2D eigenvalue weighted by Gasteiger charge is 2.51. The largest absolute Gasteiger partial charge is 0.388 e. The van der Waals surface area contributed by atoms with Gasteiger partial charge in [-0.3, -0.25) is 24.6 Å². The Morgan fingerprint density at radius 3 is 2.72 bits per heavy atom. The minimum atomic E-state index is -1.00. The van der Waals surface area contributed by atoms with Crippen LogP contribution in [0, 0.1) is 15.9 Å². The standard InChI is InChI=1S/C16H15FN6O5S/c1-20-13-12(14(25)22(3)16(26)21(13)2)19-15(20)29-7-11(24)18-8-4-5-9(17)10(6-8)23(27)28/h4-6,12H,7H2,1-3H3/p+1. The third kappa shape index (κ3) is 3.68.